The largest absolute Gasteiger partial charge is 0.490 e. The fourth-order valence-electron chi connectivity index (χ4n) is 3.74. The minimum atomic E-state index is -0.686. The second-order valence-corrected chi connectivity index (χ2v) is 7.18. The average Bonchev–Trinajstić information content (AvgIpc) is 2.98. The lowest BCUT2D eigenvalue weighted by molar-refractivity contribution is 0.165. The van der Waals surface area contributed by atoms with Gasteiger partial charge in [-0.15, -0.1) is 0 Å². The van der Waals surface area contributed by atoms with E-state index in [2.05, 4.69) is 5.32 Å². The summed E-state index contributed by atoms with van der Waals surface area (Å²) in [4.78, 5) is 0. The van der Waals surface area contributed by atoms with Crippen molar-refractivity contribution in [1.29, 1.82) is 0 Å². The van der Waals surface area contributed by atoms with Crippen LogP contribution in [0.5, 0.6) is 11.5 Å². The summed E-state index contributed by atoms with van der Waals surface area (Å²) in [5, 5.41) is 3.40. The number of rotatable bonds is 4. The summed E-state index contributed by atoms with van der Waals surface area (Å²) in [6.45, 7) is 4.19. The van der Waals surface area contributed by atoms with Crippen molar-refractivity contribution in [2.24, 2.45) is 0 Å². The van der Waals surface area contributed by atoms with E-state index in [0.29, 0.717) is 23.7 Å². The molecule has 2 heterocycles. The molecule has 6 heteroatoms. The minimum absolute atomic E-state index is 0.0345. The van der Waals surface area contributed by atoms with E-state index in [9.17, 15) is 8.78 Å². The fourth-order valence-corrected chi connectivity index (χ4v) is 3.94. The first-order valence-electron chi connectivity index (χ1n) is 8.91. The maximum atomic E-state index is 14.5. The molecule has 138 valence electrons. The van der Waals surface area contributed by atoms with E-state index in [1.165, 1.54) is 0 Å². The molecule has 0 aromatic heterocycles. The molecule has 26 heavy (non-hydrogen) atoms. The molecule has 0 unspecified atom stereocenters. The van der Waals surface area contributed by atoms with Gasteiger partial charge in [0.2, 0.25) is 0 Å². The van der Waals surface area contributed by atoms with E-state index >= 15 is 0 Å². The molecule has 3 nitrogen and oxygen atoms in total. The van der Waals surface area contributed by atoms with Crippen LogP contribution >= 0.6 is 11.6 Å². The van der Waals surface area contributed by atoms with Gasteiger partial charge in [0.25, 0.3) is 0 Å². The third-order valence-corrected chi connectivity index (χ3v) is 5.15. The zero-order valence-corrected chi connectivity index (χ0v) is 15.2. The molecule has 0 radical (unpaired) electrons. The molecule has 0 amide bonds. The Bertz CT molecular complexity index is 820. The molecule has 2 aliphatic heterocycles. The van der Waals surface area contributed by atoms with E-state index in [-0.39, 0.29) is 22.6 Å². The maximum Gasteiger partial charge on any atom is 0.165 e. The zero-order chi connectivity index (χ0) is 18.3. The van der Waals surface area contributed by atoms with E-state index in [1.54, 1.807) is 6.07 Å². The molecule has 1 N–H and O–H groups in total. The van der Waals surface area contributed by atoms with E-state index in [4.69, 9.17) is 21.1 Å². The van der Waals surface area contributed by atoms with Gasteiger partial charge in [-0.05, 0) is 49.2 Å². The van der Waals surface area contributed by atoms with Crippen molar-refractivity contribution in [3.8, 4) is 22.6 Å². The Morgan fingerprint density at radius 3 is 2.73 bits per heavy atom. The molecule has 0 bridgehead atoms. The second kappa shape index (κ2) is 7.05. The quantitative estimate of drug-likeness (QED) is 0.818. The van der Waals surface area contributed by atoms with Gasteiger partial charge in [-0.25, -0.2) is 8.78 Å². The summed E-state index contributed by atoms with van der Waals surface area (Å²) in [6.07, 6.45) is 1.80. The van der Waals surface area contributed by atoms with Gasteiger partial charge in [0, 0.05) is 23.0 Å². The van der Waals surface area contributed by atoms with Crippen LogP contribution in [0, 0.1) is 11.6 Å². The van der Waals surface area contributed by atoms with Crippen LogP contribution in [0.15, 0.2) is 24.3 Å². The fraction of sp³-hybridized carbons (Fsp3) is 0.400. The first-order chi connectivity index (χ1) is 12.6. The summed E-state index contributed by atoms with van der Waals surface area (Å²) < 4.78 is 40.9. The Kier molecular flexibility index (Phi) is 4.76. The predicted octanol–water partition coefficient (Wildman–Crippen LogP) is 4.91. The second-order valence-electron chi connectivity index (χ2n) is 6.74. The van der Waals surface area contributed by atoms with Crippen molar-refractivity contribution in [3.05, 3.63) is 46.5 Å². The highest BCUT2D eigenvalue weighted by atomic mass is 35.5. The minimum Gasteiger partial charge on any atom is -0.490 e. The highest BCUT2D eigenvalue weighted by molar-refractivity contribution is 6.30. The SMILES string of the molecule is CCCOc1cc(-c2c(F)cc(Cl)cc2F)cc2c1O[C@H]1CCNC[C@@H]21. The number of fused-ring (bicyclic) bond motifs is 3. The molecule has 2 aliphatic rings. The van der Waals surface area contributed by atoms with Crippen LogP contribution in [-0.4, -0.2) is 25.8 Å². The molecule has 1 fully saturated rings. The van der Waals surface area contributed by atoms with Gasteiger partial charge in [-0.1, -0.05) is 18.5 Å². The molecular weight excluding hydrogens is 360 g/mol. The summed E-state index contributed by atoms with van der Waals surface area (Å²) >= 11 is 5.76. The van der Waals surface area contributed by atoms with Crippen LogP contribution in [-0.2, 0) is 0 Å². The number of nitrogens with one attached hydrogen (secondary N) is 1. The number of halogens is 3. The first kappa shape index (κ1) is 17.6. The summed E-state index contributed by atoms with van der Waals surface area (Å²) in [5.74, 6) is 0.0292. The third-order valence-electron chi connectivity index (χ3n) is 4.93. The average molecular weight is 380 g/mol. The van der Waals surface area contributed by atoms with Crippen molar-refractivity contribution >= 4 is 11.6 Å². The number of piperidine rings is 1. The monoisotopic (exact) mass is 379 g/mol. The van der Waals surface area contributed by atoms with Crippen LogP contribution in [0.4, 0.5) is 8.78 Å². The normalized spacial score (nSPS) is 21.1. The van der Waals surface area contributed by atoms with Crippen LogP contribution < -0.4 is 14.8 Å². The molecule has 0 spiro atoms. The lowest BCUT2D eigenvalue weighted by Gasteiger charge is -2.24. The lowest BCUT2D eigenvalue weighted by Crippen LogP contribution is -2.37. The van der Waals surface area contributed by atoms with Crippen molar-refractivity contribution in [2.45, 2.75) is 31.8 Å². The van der Waals surface area contributed by atoms with Gasteiger partial charge in [-0.2, -0.15) is 0 Å². The summed E-state index contributed by atoms with van der Waals surface area (Å²) in [5.41, 5.74) is 1.29. The molecule has 1 saturated heterocycles. The molecule has 2 atom stereocenters. The highest BCUT2D eigenvalue weighted by Gasteiger charge is 2.38. The first-order valence-corrected chi connectivity index (χ1v) is 9.29. The molecular formula is C20H20ClF2NO2. The van der Waals surface area contributed by atoms with Gasteiger partial charge in [-0.3, -0.25) is 0 Å². The zero-order valence-electron chi connectivity index (χ0n) is 14.5. The van der Waals surface area contributed by atoms with Crippen molar-refractivity contribution in [2.75, 3.05) is 19.7 Å². The number of hydrogen-bond acceptors (Lipinski definition) is 3. The Morgan fingerprint density at radius 2 is 2.00 bits per heavy atom. The van der Waals surface area contributed by atoms with Crippen LogP contribution in [0.2, 0.25) is 5.02 Å². The van der Waals surface area contributed by atoms with Gasteiger partial charge >= 0.3 is 0 Å². The number of benzene rings is 2. The lowest BCUT2D eigenvalue weighted by atomic mass is 9.89. The van der Waals surface area contributed by atoms with Crippen molar-refractivity contribution in [3.63, 3.8) is 0 Å². The molecule has 0 aliphatic carbocycles. The van der Waals surface area contributed by atoms with E-state index in [0.717, 1.165) is 43.6 Å². The molecule has 2 aromatic rings. The van der Waals surface area contributed by atoms with Gasteiger partial charge < -0.3 is 14.8 Å². The van der Waals surface area contributed by atoms with Gasteiger partial charge in [0.15, 0.2) is 11.5 Å². The Morgan fingerprint density at radius 1 is 1.23 bits per heavy atom. The van der Waals surface area contributed by atoms with E-state index in [1.807, 2.05) is 13.0 Å². The molecule has 2 aromatic carbocycles. The molecule has 4 rings (SSSR count). The van der Waals surface area contributed by atoms with Crippen molar-refractivity contribution in [1.82, 2.24) is 5.32 Å². The highest BCUT2D eigenvalue weighted by Crippen LogP contribution is 2.48. The summed E-state index contributed by atoms with van der Waals surface area (Å²) in [6, 6.07) is 5.73. The van der Waals surface area contributed by atoms with Crippen molar-refractivity contribution < 1.29 is 18.3 Å². The predicted molar refractivity (Wildman–Crippen MR) is 97.2 cm³/mol. The smallest absolute Gasteiger partial charge is 0.165 e. The summed E-state index contributed by atoms with van der Waals surface area (Å²) in [7, 11) is 0. The Balaban J connectivity index is 1.85. The third kappa shape index (κ3) is 3.03. The number of hydrogen-bond donors (Lipinski definition) is 1. The Hall–Kier alpha value is -1.85. The van der Waals surface area contributed by atoms with E-state index < -0.39 is 11.6 Å². The topological polar surface area (TPSA) is 30.5 Å². The van der Waals surface area contributed by atoms with Gasteiger partial charge in [0.1, 0.15) is 17.7 Å². The van der Waals surface area contributed by atoms with Gasteiger partial charge in [0.05, 0.1) is 12.2 Å². The maximum absolute atomic E-state index is 14.5. The number of ether oxygens (including phenoxy) is 2. The standard InChI is InChI=1S/C20H20ClF2NO2/c1-2-5-25-18-7-11(19-15(22)8-12(21)9-16(19)23)6-13-14-10-24-4-3-17(14)26-20(13)18/h6-9,14,17,24H,2-5,10H2,1H3/t14-,17-/m0/s1. The Labute approximate surface area is 156 Å². The van der Waals surface area contributed by atoms with Crippen LogP contribution in [0.25, 0.3) is 11.1 Å². The van der Waals surface area contributed by atoms with Crippen LogP contribution in [0.1, 0.15) is 31.2 Å². The van der Waals surface area contributed by atoms with Crippen LogP contribution in [0.3, 0.4) is 0 Å². The molecule has 0 saturated carbocycles.